The Bertz CT molecular complexity index is 491. The van der Waals surface area contributed by atoms with Crippen LogP contribution in [0.1, 0.15) is 12.0 Å². The molecule has 1 aliphatic rings. The van der Waals surface area contributed by atoms with Crippen molar-refractivity contribution in [3.8, 4) is 0 Å². The molecule has 104 valence electrons. The summed E-state index contributed by atoms with van der Waals surface area (Å²) >= 11 is 0. The number of hydrogen-bond acceptors (Lipinski definition) is 3. The largest absolute Gasteiger partial charge is 0.436 e. The lowest BCUT2D eigenvalue weighted by atomic mass is 9.89. The molecule has 1 aromatic rings. The van der Waals surface area contributed by atoms with Crippen molar-refractivity contribution in [3.63, 3.8) is 0 Å². The minimum absolute atomic E-state index is 0.259. The Balaban J connectivity index is 2.47. The summed E-state index contributed by atoms with van der Waals surface area (Å²) in [6, 6.07) is 7.77. The highest BCUT2D eigenvalue weighted by Gasteiger charge is 2.66. The summed E-state index contributed by atoms with van der Waals surface area (Å²) in [5.41, 5.74) is -4.86. The van der Waals surface area contributed by atoms with E-state index >= 15 is 0 Å². The zero-order valence-corrected chi connectivity index (χ0v) is 9.99. The topological polar surface area (TPSA) is 58.6 Å². The Hall–Kier alpha value is -1.60. The third kappa shape index (κ3) is 1.98. The van der Waals surface area contributed by atoms with Crippen LogP contribution in [0, 0.1) is 0 Å². The Morgan fingerprint density at radius 2 is 1.89 bits per heavy atom. The molecule has 1 aliphatic heterocycles. The number of benzene rings is 1. The average molecular weight is 275 g/mol. The number of alkyl halides is 3. The van der Waals surface area contributed by atoms with Crippen LogP contribution in [0.3, 0.4) is 0 Å². The minimum Gasteiger partial charge on any atom is -0.363 e. The maximum atomic E-state index is 12.8. The van der Waals surface area contributed by atoms with Crippen LogP contribution in [0.15, 0.2) is 30.3 Å². The number of amides is 1. The maximum absolute atomic E-state index is 12.8. The van der Waals surface area contributed by atoms with E-state index in [-0.39, 0.29) is 5.56 Å². The highest BCUT2D eigenvalue weighted by Crippen LogP contribution is 2.45. The van der Waals surface area contributed by atoms with E-state index in [1.54, 1.807) is 23.5 Å². The number of ether oxygens (including phenoxy) is 1. The van der Waals surface area contributed by atoms with Crippen molar-refractivity contribution in [1.29, 1.82) is 0 Å². The summed E-state index contributed by atoms with van der Waals surface area (Å²) in [5.74, 6) is -1.01. The van der Waals surface area contributed by atoms with E-state index in [9.17, 15) is 23.1 Å². The van der Waals surface area contributed by atoms with Gasteiger partial charge in [-0.1, -0.05) is 30.3 Å². The zero-order valence-electron chi connectivity index (χ0n) is 9.99. The minimum atomic E-state index is -4.97. The molecule has 1 aromatic carbocycles. The molecule has 2 N–H and O–H groups in total. The lowest BCUT2D eigenvalue weighted by molar-refractivity contribution is -0.270. The molecule has 0 aliphatic carbocycles. The van der Waals surface area contributed by atoms with E-state index in [4.69, 9.17) is 4.74 Å². The molecule has 1 amide bonds. The summed E-state index contributed by atoms with van der Waals surface area (Å²) in [6.45, 7) is 0. The van der Waals surface area contributed by atoms with Crippen molar-refractivity contribution in [2.24, 2.45) is 0 Å². The van der Waals surface area contributed by atoms with Crippen LogP contribution in [0.4, 0.5) is 13.2 Å². The van der Waals surface area contributed by atoms with Gasteiger partial charge in [-0.15, -0.1) is 0 Å². The molecular weight excluding hydrogens is 263 g/mol. The predicted octanol–water partition coefficient (Wildman–Crippen LogP) is 1.30. The van der Waals surface area contributed by atoms with Crippen LogP contribution < -0.4 is 5.32 Å². The zero-order chi connectivity index (χ0) is 14.3. The van der Waals surface area contributed by atoms with E-state index in [1.807, 2.05) is 0 Å². The van der Waals surface area contributed by atoms with E-state index in [0.29, 0.717) is 0 Å². The molecule has 2 unspecified atom stereocenters. The van der Waals surface area contributed by atoms with Gasteiger partial charge in [0.15, 0.2) is 5.60 Å². The van der Waals surface area contributed by atoms with Crippen molar-refractivity contribution >= 4 is 5.91 Å². The summed E-state index contributed by atoms with van der Waals surface area (Å²) in [4.78, 5) is 11.9. The number of carbonyl (C=O) groups excluding carboxylic acids is 1. The third-order valence-electron chi connectivity index (χ3n) is 3.25. The monoisotopic (exact) mass is 275 g/mol. The average Bonchev–Trinajstić information content (AvgIpc) is 2.63. The molecule has 1 heterocycles. The summed E-state index contributed by atoms with van der Waals surface area (Å²) in [6.07, 6.45) is -5.90. The van der Waals surface area contributed by atoms with Gasteiger partial charge < -0.3 is 15.2 Å². The van der Waals surface area contributed by atoms with E-state index in [2.05, 4.69) is 0 Å². The van der Waals surface area contributed by atoms with Crippen LogP contribution in [0.2, 0.25) is 0 Å². The Morgan fingerprint density at radius 3 is 2.32 bits per heavy atom. The van der Waals surface area contributed by atoms with Crippen molar-refractivity contribution < 1.29 is 27.8 Å². The lowest BCUT2D eigenvalue weighted by Gasteiger charge is -2.28. The molecule has 0 saturated carbocycles. The number of halogens is 3. The van der Waals surface area contributed by atoms with E-state index in [0.717, 1.165) is 7.11 Å². The summed E-state index contributed by atoms with van der Waals surface area (Å²) in [5, 5.41) is 11.2. The highest BCUT2D eigenvalue weighted by molar-refractivity contribution is 5.89. The maximum Gasteiger partial charge on any atom is 0.436 e. The number of aliphatic hydroxyl groups is 1. The van der Waals surface area contributed by atoms with Crippen molar-refractivity contribution in [2.45, 2.75) is 23.9 Å². The summed E-state index contributed by atoms with van der Waals surface area (Å²) < 4.78 is 43.4. The lowest BCUT2D eigenvalue weighted by Crippen LogP contribution is -2.53. The van der Waals surface area contributed by atoms with Crippen LogP contribution in [-0.4, -0.2) is 30.0 Å². The molecule has 1 fully saturated rings. The van der Waals surface area contributed by atoms with Gasteiger partial charge >= 0.3 is 6.18 Å². The molecule has 4 nitrogen and oxygen atoms in total. The molecule has 1 saturated heterocycles. The third-order valence-corrected chi connectivity index (χ3v) is 3.25. The molecule has 0 bridgehead atoms. The molecule has 2 rings (SSSR count). The molecule has 19 heavy (non-hydrogen) atoms. The SMILES string of the molecule is COC1(c2ccccc2)CC(O)(C(F)(F)F)NC1=O. The fraction of sp³-hybridized carbons (Fsp3) is 0.417. The second-order valence-electron chi connectivity index (χ2n) is 4.39. The number of carbonyl (C=O) groups is 1. The first-order chi connectivity index (χ1) is 8.75. The van der Waals surface area contributed by atoms with Gasteiger partial charge in [0.05, 0.1) is 0 Å². The first kappa shape index (κ1) is 13.8. The van der Waals surface area contributed by atoms with Gasteiger partial charge in [0.2, 0.25) is 5.72 Å². The van der Waals surface area contributed by atoms with Gasteiger partial charge in [-0.3, -0.25) is 4.79 Å². The summed E-state index contributed by atoms with van der Waals surface area (Å²) in [7, 11) is 1.13. The molecular formula is C12H12F3NO3. The first-order valence-corrected chi connectivity index (χ1v) is 5.47. The predicted molar refractivity (Wildman–Crippen MR) is 58.9 cm³/mol. The Morgan fingerprint density at radius 1 is 1.32 bits per heavy atom. The fourth-order valence-electron chi connectivity index (χ4n) is 2.17. The molecule has 0 spiro atoms. The standard InChI is InChI=1S/C12H12F3NO3/c1-19-10(8-5-3-2-4-6-8)7-11(18,12(13,14)15)16-9(10)17/h2-6,18H,7H2,1H3,(H,16,17). The van der Waals surface area contributed by atoms with Crippen molar-refractivity contribution in [2.75, 3.05) is 7.11 Å². The first-order valence-electron chi connectivity index (χ1n) is 5.47. The van der Waals surface area contributed by atoms with Gasteiger partial charge in [-0.2, -0.15) is 13.2 Å². The second-order valence-corrected chi connectivity index (χ2v) is 4.39. The van der Waals surface area contributed by atoms with Crippen LogP contribution in [0.5, 0.6) is 0 Å². The van der Waals surface area contributed by atoms with Crippen LogP contribution in [0.25, 0.3) is 0 Å². The molecule has 7 heteroatoms. The molecule has 0 radical (unpaired) electrons. The van der Waals surface area contributed by atoms with Crippen LogP contribution in [-0.2, 0) is 15.1 Å². The fourth-order valence-corrected chi connectivity index (χ4v) is 2.17. The number of methoxy groups -OCH3 is 1. The number of hydrogen-bond donors (Lipinski definition) is 2. The van der Waals surface area contributed by atoms with E-state index in [1.165, 1.54) is 12.1 Å². The second kappa shape index (κ2) is 4.21. The molecule has 2 atom stereocenters. The number of rotatable bonds is 2. The van der Waals surface area contributed by atoms with Crippen molar-refractivity contribution in [3.05, 3.63) is 35.9 Å². The van der Waals surface area contributed by atoms with Gasteiger partial charge in [0.25, 0.3) is 5.91 Å². The van der Waals surface area contributed by atoms with Gasteiger partial charge in [0.1, 0.15) is 0 Å². The Kier molecular flexibility index (Phi) is 3.06. The van der Waals surface area contributed by atoms with Crippen molar-refractivity contribution in [1.82, 2.24) is 5.32 Å². The Labute approximate surface area is 107 Å². The highest BCUT2D eigenvalue weighted by atomic mass is 19.4. The van der Waals surface area contributed by atoms with Crippen LogP contribution >= 0.6 is 0 Å². The van der Waals surface area contributed by atoms with E-state index < -0.39 is 29.8 Å². The normalized spacial score (nSPS) is 31.3. The molecule has 0 aromatic heterocycles. The smallest absolute Gasteiger partial charge is 0.363 e. The quantitative estimate of drug-likeness (QED) is 0.855. The van der Waals surface area contributed by atoms with Gasteiger partial charge in [-0.05, 0) is 5.56 Å². The number of nitrogens with one attached hydrogen (secondary N) is 1. The van der Waals surface area contributed by atoms with Gasteiger partial charge in [0, 0.05) is 13.5 Å². The van der Waals surface area contributed by atoms with Gasteiger partial charge in [-0.25, -0.2) is 0 Å².